The van der Waals surface area contributed by atoms with Gasteiger partial charge in [0.1, 0.15) is 0 Å². The summed E-state index contributed by atoms with van der Waals surface area (Å²) in [5.74, 6) is 0.207. The lowest BCUT2D eigenvalue weighted by molar-refractivity contribution is -0.117. The molecule has 1 amide bonds. The van der Waals surface area contributed by atoms with Crippen LogP contribution in [0.4, 0.5) is 17.1 Å². The molecule has 6 heteroatoms. The molecule has 2 aromatic carbocycles. The second-order valence-corrected chi connectivity index (χ2v) is 7.20. The number of likely N-dealkylation sites (N-methyl/N-ethyl adjacent to an activating group) is 1. The Morgan fingerprint density at radius 3 is 2.67 bits per heavy atom. The Labute approximate surface area is 166 Å². The molecule has 1 aliphatic heterocycles. The van der Waals surface area contributed by atoms with E-state index >= 15 is 0 Å². The van der Waals surface area contributed by atoms with E-state index in [1.807, 2.05) is 48.2 Å². The Bertz CT molecular complexity index is 809. The summed E-state index contributed by atoms with van der Waals surface area (Å²) in [5.41, 5.74) is 4.17. The van der Waals surface area contributed by atoms with Gasteiger partial charge in [0.15, 0.2) is 5.11 Å². The topological polar surface area (TPSA) is 47.6 Å². The number of rotatable bonds is 6. The number of amides is 1. The molecule has 0 atom stereocenters. The minimum Gasteiger partial charge on any atom is -0.373 e. The number of benzene rings is 2. The number of nitrogens with zero attached hydrogens (tertiary/aromatic N) is 2. The van der Waals surface area contributed by atoms with Crippen molar-refractivity contribution in [3.05, 3.63) is 54.1 Å². The van der Waals surface area contributed by atoms with E-state index in [0.717, 1.165) is 43.0 Å². The predicted octanol–water partition coefficient (Wildman–Crippen LogP) is 3.54. The molecule has 0 radical (unpaired) electrons. The summed E-state index contributed by atoms with van der Waals surface area (Å²) < 4.78 is 0. The minimum atomic E-state index is 0.207. The van der Waals surface area contributed by atoms with Crippen molar-refractivity contribution in [3.8, 4) is 0 Å². The molecule has 0 unspecified atom stereocenters. The highest BCUT2D eigenvalue weighted by Gasteiger charge is 2.22. The van der Waals surface area contributed by atoms with Gasteiger partial charge in [0.25, 0.3) is 0 Å². The van der Waals surface area contributed by atoms with Gasteiger partial charge in [0.2, 0.25) is 5.91 Å². The first-order chi connectivity index (χ1) is 13.0. The van der Waals surface area contributed by atoms with Crippen molar-refractivity contribution in [1.29, 1.82) is 0 Å². The quantitative estimate of drug-likeness (QED) is 0.749. The molecule has 3 rings (SSSR count). The molecule has 1 aliphatic rings. The molecule has 142 valence electrons. The predicted molar refractivity (Wildman–Crippen MR) is 117 cm³/mol. The highest BCUT2D eigenvalue weighted by Crippen LogP contribution is 2.27. The van der Waals surface area contributed by atoms with E-state index in [4.69, 9.17) is 12.2 Å². The number of carbonyl (C=O) groups is 1. The van der Waals surface area contributed by atoms with E-state index in [2.05, 4.69) is 34.7 Å². The maximum absolute atomic E-state index is 11.9. The first-order valence-corrected chi connectivity index (χ1v) is 9.67. The van der Waals surface area contributed by atoms with Crippen LogP contribution < -0.4 is 20.4 Å². The van der Waals surface area contributed by atoms with E-state index in [1.54, 1.807) is 0 Å². The summed E-state index contributed by atoms with van der Waals surface area (Å²) in [7, 11) is 2.06. The van der Waals surface area contributed by atoms with Gasteiger partial charge in [-0.3, -0.25) is 4.79 Å². The van der Waals surface area contributed by atoms with Gasteiger partial charge >= 0.3 is 0 Å². The standard InChI is InChI=1S/C21H26N4OS/c1-16-15-17(10-11-19(16)25-13-6-9-20(25)26)23-21(27)22-12-14-24(2)18-7-4-3-5-8-18/h3-5,7-8,10-11,15H,6,9,12-14H2,1-2H3,(H2,22,23,27). The van der Waals surface area contributed by atoms with Crippen LogP contribution in [0, 0.1) is 6.92 Å². The number of aryl methyl sites for hydroxylation is 1. The van der Waals surface area contributed by atoms with Crippen LogP contribution in [0.1, 0.15) is 18.4 Å². The lowest BCUT2D eigenvalue weighted by atomic mass is 10.1. The van der Waals surface area contributed by atoms with E-state index in [9.17, 15) is 4.79 Å². The fourth-order valence-electron chi connectivity index (χ4n) is 3.26. The van der Waals surface area contributed by atoms with Gasteiger partial charge in [-0.25, -0.2) is 0 Å². The van der Waals surface area contributed by atoms with Crippen molar-refractivity contribution in [3.63, 3.8) is 0 Å². The Morgan fingerprint density at radius 1 is 1.22 bits per heavy atom. The van der Waals surface area contributed by atoms with E-state index in [1.165, 1.54) is 5.69 Å². The van der Waals surface area contributed by atoms with E-state index in [-0.39, 0.29) is 5.91 Å². The highest BCUT2D eigenvalue weighted by molar-refractivity contribution is 7.80. The zero-order chi connectivity index (χ0) is 19.2. The Morgan fingerprint density at radius 2 is 2.00 bits per heavy atom. The molecule has 2 aromatic rings. The van der Waals surface area contributed by atoms with Crippen LogP contribution in [0.3, 0.4) is 0 Å². The van der Waals surface area contributed by atoms with Crippen LogP contribution in [0.2, 0.25) is 0 Å². The second kappa shape index (κ2) is 8.86. The average molecular weight is 383 g/mol. The number of para-hydroxylation sites is 1. The molecule has 0 saturated carbocycles. The number of hydrogen-bond acceptors (Lipinski definition) is 3. The SMILES string of the molecule is Cc1cc(NC(=S)NCCN(C)c2ccccc2)ccc1N1CCCC1=O. The van der Waals surface area contributed by atoms with Crippen molar-refractivity contribution in [2.45, 2.75) is 19.8 Å². The molecule has 0 aliphatic carbocycles. The van der Waals surface area contributed by atoms with Crippen LogP contribution in [-0.4, -0.2) is 37.7 Å². The first-order valence-electron chi connectivity index (χ1n) is 9.26. The fourth-order valence-corrected chi connectivity index (χ4v) is 3.48. The molecule has 1 saturated heterocycles. The molecule has 27 heavy (non-hydrogen) atoms. The van der Waals surface area contributed by atoms with Crippen LogP contribution in [0.25, 0.3) is 0 Å². The number of nitrogens with one attached hydrogen (secondary N) is 2. The molecular weight excluding hydrogens is 356 g/mol. The summed E-state index contributed by atoms with van der Waals surface area (Å²) in [6, 6.07) is 16.3. The Hall–Kier alpha value is -2.60. The smallest absolute Gasteiger partial charge is 0.227 e. The molecular formula is C21H26N4OS. The highest BCUT2D eigenvalue weighted by atomic mass is 32.1. The van der Waals surface area contributed by atoms with Crippen LogP contribution in [0.15, 0.2) is 48.5 Å². The minimum absolute atomic E-state index is 0.207. The number of thiocarbonyl (C=S) groups is 1. The third kappa shape index (κ3) is 4.98. The van der Waals surface area contributed by atoms with Gasteiger partial charge in [0, 0.05) is 50.2 Å². The Kier molecular flexibility index (Phi) is 6.29. The Balaban J connectivity index is 1.49. The summed E-state index contributed by atoms with van der Waals surface area (Å²) in [4.78, 5) is 16.0. The third-order valence-corrected chi connectivity index (χ3v) is 5.00. The average Bonchev–Trinajstić information content (AvgIpc) is 3.08. The van der Waals surface area contributed by atoms with Gasteiger partial charge in [-0.05, 0) is 61.5 Å². The van der Waals surface area contributed by atoms with Crippen molar-refractivity contribution in [1.82, 2.24) is 5.32 Å². The van der Waals surface area contributed by atoms with Crippen molar-refractivity contribution in [2.75, 3.05) is 41.8 Å². The van der Waals surface area contributed by atoms with Gasteiger partial charge in [-0.2, -0.15) is 0 Å². The zero-order valence-corrected chi connectivity index (χ0v) is 16.7. The van der Waals surface area contributed by atoms with Crippen molar-refractivity contribution < 1.29 is 4.79 Å². The summed E-state index contributed by atoms with van der Waals surface area (Å²) in [6.07, 6.45) is 1.58. The lowest BCUT2D eigenvalue weighted by Crippen LogP contribution is -2.35. The van der Waals surface area contributed by atoms with Crippen LogP contribution in [-0.2, 0) is 4.79 Å². The van der Waals surface area contributed by atoms with Gasteiger partial charge in [-0.1, -0.05) is 18.2 Å². The summed E-state index contributed by atoms with van der Waals surface area (Å²) >= 11 is 5.40. The van der Waals surface area contributed by atoms with E-state index in [0.29, 0.717) is 11.5 Å². The normalized spacial score (nSPS) is 13.6. The van der Waals surface area contributed by atoms with Crippen molar-refractivity contribution >= 4 is 40.3 Å². The molecule has 0 aromatic heterocycles. The molecule has 0 spiro atoms. The molecule has 5 nitrogen and oxygen atoms in total. The maximum Gasteiger partial charge on any atom is 0.227 e. The molecule has 1 fully saturated rings. The van der Waals surface area contributed by atoms with Crippen LogP contribution >= 0.6 is 12.2 Å². The first kappa shape index (κ1) is 19.2. The summed E-state index contributed by atoms with van der Waals surface area (Å²) in [5, 5.41) is 7.06. The van der Waals surface area contributed by atoms with Gasteiger partial charge in [0.05, 0.1) is 0 Å². The second-order valence-electron chi connectivity index (χ2n) is 6.79. The number of hydrogen-bond donors (Lipinski definition) is 2. The lowest BCUT2D eigenvalue weighted by Gasteiger charge is -2.21. The maximum atomic E-state index is 11.9. The zero-order valence-electron chi connectivity index (χ0n) is 15.9. The van der Waals surface area contributed by atoms with Crippen LogP contribution in [0.5, 0.6) is 0 Å². The summed E-state index contributed by atoms with van der Waals surface area (Å²) in [6.45, 7) is 4.43. The molecule has 2 N–H and O–H groups in total. The van der Waals surface area contributed by atoms with Gasteiger partial charge in [-0.15, -0.1) is 0 Å². The monoisotopic (exact) mass is 382 g/mol. The largest absolute Gasteiger partial charge is 0.373 e. The fraction of sp³-hybridized carbons (Fsp3) is 0.333. The van der Waals surface area contributed by atoms with Crippen molar-refractivity contribution in [2.24, 2.45) is 0 Å². The number of carbonyl (C=O) groups excluding carboxylic acids is 1. The molecule has 0 bridgehead atoms. The van der Waals surface area contributed by atoms with Gasteiger partial charge < -0.3 is 20.4 Å². The number of anilines is 3. The van der Waals surface area contributed by atoms with E-state index < -0.39 is 0 Å². The third-order valence-electron chi connectivity index (χ3n) is 4.75. The molecule has 1 heterocycles.